The van der Waals surface area contributed by atoms with E-state index < -0.39 is 0 Å². The number of hydrogen-bond acceptors (Lipinski definition) is 0. The maximum absolute atomic E-state index is 4.23. The van der Waals surface area contributed by atoms with Crippen molar-refractivity contribution in [2.45, 2.75) is 18.3 Å². The highest BCUT2D eigenvalue weighted by Gasteiger charge is 2.03. The van der Waals surface area contributed by atoms with Crippen molar-refractivity contribution in [3.05, 3.63) is 85.6 Å². The molecule has 0 N–H and O–H groups in total. The molecule has 88 valence electrons. The van der Waals surface area contributed by atoms with Gasteiger partial charge in [0.15, 0.2) is 0 Å². The molecule has 17 heavy (non-hydrogen) atoms. The van der Waals surface area contributed by atoms with Gasteiger partial charge in [-0.1, -0.05) is 78.2 Å². The monoisotopic (exact) mass is 222 g/mol. The second-order valence-electron chi connectivity index (χ2n) is 4.45. The SMILES string of the molecule is [CH2-]C(CC([CH2-])c1ccccc1)c1ccccc1. The Hall–Kier alpha value is -1.56. The van der Waals surface area contributed by atoms with Crippen molar-refractivity contribution in [1.82, 2.24) is 0 Å². The predicted molar refractivity (Wildman–Crippen MR) is 73.7 cm³/mol. The number of rotatable bonds is 4. The average molecular weight is 222 g/mol. The molecule has 0 amide bonds. The second-order valence-corrected chi connectivity index (χ2v) is 4.45. The van der Waals surface area contributed by atoms with Crippen molar-refractivity contribution < 1.29 is 0 Å². The van der Waals surface area contributed by atoms with Crippen LogP contribution in [0.1, 0.15) is 29.4 Å². The third kappa shape index (κ3) is 3.20. The number of benzene rings is 2. The maximum Gasteiger partial charge on any atom is -0.0614 e. The molecule has 0 aromatic heterocycles. The summed E-state index contributed by atoms with van der Waals surface area (Å²) in [7, 11) is 0. The van der Waals surface area contributed by atoms with Gasteiger partial charge in [-0.15, -0.1) is 11.8 Å². The van der Waals surface area contributed by atoms with Crippen LogP contribution in [0.5, 0.6) is 0 Å². The van der Waals surface area contributed by atoms with Gasteiger partial charge in [-0.25, -0.2) is 0 Å². The summed E-state index contributed by atoms with van der Waals surface area (Å²) in [5, 5.41) is 0. The first-order valence-corrected chi connectivity index (χ1v) is 6.03. The van der Waals surface area contributed by atoms with Gasteiger partial charge in [0.1, 0.15) is 0 Å². The van der Waals surface area contributed by atoms with Crippen LogP contribution in [0.4, 0.5) is 0 Å². The highest BCUT2D eigenvalue weighted by Crippen LogP contribution is 2.28. The van der Waals surface area contributed by atoms with Crippen LogP contribution in [0.2, 0.25) is 0 Å². The Kier molecular flexibility index (Phi) is 3.98. The van der Waals surface area contributed by atoms with Crippen LogP contribution in [-0.4, -0.2) is 0 Å². The van der Waals surface area contributed by atoms with E-state index in [0.29, 0.717) is 11.8 Å². The molecule has 0 heterocycles. The van der Waals surface area contributed by atoms with E-state index in [1.54, 1.807) is 0 Å². The van der Waals surface area contributed by atoms with Crippen molar-refractivity contribution in [1.29, 1.82) is 0 Å². The lowest BCUT2D eigenvalue weighted by atomic mass is 9.87. The molecule has 2 aromatic rings. The molecule has 0 nitrogen and oxygen atoms in total. The number of hydrogen-bond donors (Lipinski definition) is 0. The van der Waals surface area contributed by atoms with Gasteiger partial charge in [-0.3, -0.25) is 0 Å². The molecule has 0 bridgehead atoms. The first-order chi connectivity index (χ1) is 8.27. The van der Waals surface area contributed by atoms with Gasteiger partial charge in [0.25, 0.3) is 0 Å². The summed E-state index contributed by atoms with van der Waals surface area (Å²) in [6.45, 7) is 8.47. The molecule has 2 unspecified atom stereocenters. The molecule has 0 aliphatic rings. The summed E-state index contributed by atoms with van der Waals surface area (Å²) in [6.07, 6.45) is 0.980. The molecule has 0 spiro atoms. The van der Waals surface area contributed by atoms with Gasteiger partial charge >= 0.3 is 0 Å². The van der Waals surface area contributed by atoms with E-state index in [-0.39, 0.29) is 0 Å². The highest BCUT2D eigenvalue weighted by atomic mass is 14.2. The first kappa shape index (κ1) is 11.9. The Balaban J connectivity index is 2.02. The molecular formula is C17H18-2. The summed E-state index contributed by atoms with van der Waals surface area (Å²) >= 11 is 0. The molecule has 0 saturated carbocycles. The van der Waals surface area contributed by atoms with Crippen LogP contribution >= 0.6 is 0 Å². The molecular weight excluding hydrogens is 204 g/mol. The van der Waals surface area contributed by atoms with E-state index in [0.717, 1.165) is 6.42 Å². The van der Waals surface area contributed by atoms with Crippen LogP contribution in [0.3, 0.4) is 0 Å². The zero-order valence-corrected chi connectivity index (χ0v) is 10.0. The van der Waals surface area contributed by atoms with Crippen LogP contribution < -0.4 is 0 Å². The summed E-state index contributed by atoms with van der Waals surface area (Å²) in [5.41, 5.74) is 2.58. The van der Waals surface area contributed by atoms with Gasteiger partial charge < -0.3 is 13.8 Å². The molecule has 2 atom stereocenters. The molecule has 2 rings (SSSR count). The topological polar surface area (TPSA) is 0 Å². The summed E-state index contributed by atoms with van der Waals surface area (Å²) < 4.78 is 0. The normalized spacial score (nSPS) is 14.2. The van der Waals surface area contributed by atoms with Crippen molar-refractivity contribution in [2.24, 2.45) is 0 Å². The van der Waals surface area contributed by atoms with E-state index in [1.165, 1.54) is 11.1 Å². The van der Waals surface area contributed by atoms with E-state index in [1.807, 2.05) is 12.1 Å². The standard InChI is InChI=1S/C17H18/c1-14(16-9-5-3-6-10-16)13-15(2)17-11-7-4-8-12-17/h3-12,14-15H,1-2,13H2/q-2. The van der Waals surface area contributed by atoms with Gasteiger partial charge in [0, 0.05) is 0 Å². The first-order valence-electron chi connectivity index (χ1n) is 6.03. The Morgan fingerprint density at radius 3 is 1.35 bits per heavy atom. The average Bonchev–Trinajstić information content (AvgIpc) is 2.40. The Labute approximate surface area is 104 Å². The van der Waals surface area contributed by atoms with Gasteiger partial charge in [0.2, 0.25) is 0 Å². The fourth-order valence-electron chi connectivity index (χ4n) is 2.07. The third-order valence-electron chi connectivity index (χ3n) is 3.11. The lowest BCUT2D eigenvalue weighted by molar-refractivity contribution is 0.668. The Morgan fingerprint density at radius 2 is 1.00 bits per heavy atom. The lowest BCUT2D eigenvalue weighted by Crippen LogP contribution is -2.01. The maximum atomic E-state index is 4.23. The van der Waals surface area contributed by atoms with Crippen molar-refractivity contribution in [3.63, 3.8) is 0 Å². The van der Waals surface area contributed by atoms with Crippen LogP contribution in [-0.2, 0) is 0 Å². The summed E-state index contributed by atoms with van der Waals surface area (Å²) in [6, 6.07) is 20.9. The quantitative estimate of drug-likeness (QED) is 0.662. The molecule has 0 aliphatic heterocycles. The van der Waals surface area contributed by atoms with Crippen LogP contribution in [0, 0.1) is 13.8 Å². The van der Waals surface area contributed by atoms with Crippen molar-refractivity contribution in [2.75, 3.05) is 0 Å². The minimum absolute atomic E-state index is 0.305. The molecule has 0 fully saturated rings. The highest BCUT2D eigenvalue weighted by molar-refractivity contribution is 5.24. The van der Waals surface area contributed by atoms with E-state index in [2.05, 4.69) is 62.4 Å². The van der Waals surface area contributed by atoms with Crippen LogP contribution in [0.25, 0.3) is 0 Å². The summed E-state index contributed by atoms with van der Waals surface area (Å²) in [5.74, 6) is 0.609. The summed E-state index contributed by atoms with van der Waals surface area (Å²) in [4.78, 5) is 0. The van der Waals surface area contributed by atoms with Gasteiger partial charge in [0.05, 0.1) is 0 Å². The minimum atomic E-state index is 0.305. The Morgan fingerprint density at radius 1 is 0.647 bits per heavy atom. The predicted octanol–water partition coefficient (Wildman–Crippen LogP) is 4.61. The largest absolute Gasteiger partial charge is 0.336 e. The second kappa shape index (κ2) is 5.67. The smallest absolute Gasteiger partial charge is 0.0614 e. The molecule has 0 heteroatoms. The zero-order valence-electron chi connectivity index (χ0n) is 10.0. The van der Waals surface area contributed by atoms with Gasteiger partial charge in [-0.05, 0) is 0 Å². The molecule has 0 radical (unpaired) electrons. The van der Waals surface area contributed by atoms with Crippen molar-refractivity contribution in [3.8, 4) is 0 Å². The molecule has 2 aromatic carbocycles. The molecule has 0 saturated heterocycles. The third-order valence-corrected chi connectivity index (χ3v) is 3.11. The fourth-order valence-corrected chi connectivity index (χ4v) is 2.07. The van der Waals surface area contributed by atoms with Crippen molar-refractivity contribution >= 4 is 0 Å². The molecule has 0 aliphatic carbocycles. The van der Waals surface area contributed by atoms with E-state index >= 15 is 0 Å². The van der Waals surface area contributed by atoms with Crippen LogP contribution in [0.15, 0.2) is 60.7 Å². The van der Waals surface area contributed by atoms with E-state index in [9.17, 15) is 0 Å². The fraction of sp³-hybridized carbons (Fsp3) is 0.176. The lowest BCUT2D eigenvalue weighted by Gasteiger charge is -2.27. The zero-order chi connectivity index (χ0) is 12.1. The Bertz CT molecular complexity index is 387. The van der Waals surface area contributed by atoms with E-state index in [4.69, 9.17) is 0 Å². The van der Waals surface area contributed by atoms with Gasteiger partial charge in [-0.2, -0.15) is 0 Å². The minimum Gasteiger partial charge on any atom is -0.336 e.